The monoisotopic (exact) mass is 208 g/mol. The van der Waals surface area contributed by atoms with Crippen LogP contribution in [0.1, 0.15) is 0 Å². The van der Waals surface area contributed by atoms with Gasteiger partial charge in [-0.15, -0.1) is 0 Å². The molecule has 0 atom stereocenters. The first-order valence-electron chi connectivity index (χ1n) is 5.11. The van der Waals surface area contributed by atoms with E-state index in [0.29, 0.717) is 0 Å². The Labute approximate surface area is 89.3 Å². The topological polar surface area (TPSA) is 41.8 Å². The van der Waals surface area contributed by atoms with Crippen LogP contribution in [0.3, 0.4) is 0 Å². The van der Waals surface area contributed by atoms with E-state index in [1.807, 2.05) is 19.4 Å². The summed E-state index contributed by atoms with van der Waals surface area (Å²) in [6.45, 7) is 3.54. The number of rotatable bonds is 3. The van der Waals surface area contributed by atoms with Crippen LogP contribution in [-0.4, -0.2) is 44.4 Å². The van der Waals surface area contributed by atoms with Crippen molar-refractivity contribution in [1.29, 1.82) is 0 Å². The van der Waals surface area contributed by atoms with Gasteiger partial charge >= 0.3 is 0 Å². The Morgan fingerprint density at radius 2 is 2.27 bits per heavy atom. The van der Waals surface area contributed by atoms with Crippen molar-refractivity contribution in [1.82, 2.24) is 9.99 Å². The van der Waals surface area contributed by atoms with E-state index in [0.717, 1.165) is 26.3 Å². The number of nitrogens with one attached hydrogen (secondary N) is 1. The zero-order valence-corrected chi connectivity index (χ0v) is 8.89. The van der Waals surface area contributed by atoms with Crippen LogP contribution in [0.5, 0.6) is 0 Å². The summed E-state index contributed by atoms with van der Waals surface area (Å²) in [5.74, 6) is 0. The van der Waals surface area contributed by atoms with Gasteiger partial charge in [0.15, 0.2) is 0 Å². The minimum atomic E-state index is 0.810. The van der Waals surface area contributed by atoms with Crippen molar-refractivity contribution in [2.24, 2.45) is 5.10 Å². The lowest BCUT2D eigenvalue weighted by molar-refractivity contribution is 0.122. The molecule has 5 nitrogen and oxygen atoms in total. The van der Waals surface area contributed by atoms with Gasteiger partial charge in [0.2, 0.25) is 0 Å². The van der Waals surface area contributed by atoms with Gasteiger partial charge in [-0.3, -0.25) is 0 Å². The highest BCUT2D eigenvalue weighted by atomic mass is 16.5. The molecule has 0 bridgehead atoms. The fourth-order valence-electron chi connectivity index (χ4n) is 1.58. The maximum absolute atomic E-state index is 5.30. The molecule has 2 heterocycles. The van der Waals surface area contributed by atoms with E-state index in [1.54, 1.807) is 11.0 Å². The van der Waals surface area contributed by atoms with Gasteiger partial charge in [-0.05, 0) is 6.07 Å². The minimum Gasteiger partial charge on any atom is -0.378 e. The van der Waals surface area contributed by atoms with Crippen molar-refractivity contribution in [3.63, 3.8) is 0 Å². The van der Waals surface area contributed by atoms with Gasteiger partial charge in [-0.2, -0.15) is 5.10 Å². The molecule has 15 heavy (non-hydrogen) atoms. The van der Waals surface area contributed by atoms with Crippen LogP contribution in [0.25, 0.3) is 0 Å². The van der Waals surface area contributed by atoms with Gasteiger partial charge < -0.3 is 15.0 Å². The Balaban J connectivity index is 2.02. The number of aromatic nitrogens is 1. The Bertz CT molecular complexity index is 328. The number of hydrogen-bond donors (Lipinski definition) is 1. The molecule has 1 aromatic heterocycles. The van der Waals surface area contributed by atoms with Crippen LogP contribution in [0.4, 0.5) is 5.69 Å². The van der Waals surface area contributed by atoms with Crippen molar-refractivity contribution in [3.8, 4) is 0 Å². The summed E-state index contributed by atoms with van der Waals surface area (Å²) in [7, 11) is 1.83. The second-order valence-corrected chi connectivity index (χ2v) is 3.38. The number of nitrogens with zero attached hydrogens (tertiary/aromatic N) is 3. The highest BCUT2D eigenvalue weighted by Crippen LogP contribution is 2.15. The molecule has 2 rings (SSSR count). The van der Waals surface area contributed by atoms with Crippen LogP contribution < -0.4 is 10.2 Å². The molecule has 1 aliphatic rings. The van der Waals surface area contributed by atoms with E-state index in [4.69, 9.17) is 4.74 Å². The largest absolute Gasteiger partial charge is 0.378 e. The quantitative estimate of drug-likeness (QED) is 0.575. The average molecular weight is 208 g/mol. The fraction of sp³-hybridized carbons (Fsp3) is 0.500. The lowest BCUT2D eigenvalue weighted by atomic mass is 10.4. The molecule has 1 aliphatic heterocycles. The molecule has 0 amide bonds. The molecule has 0 aromatic carbocycles. The third-order valence-corrected chi connectivity index (χ3v) is 2.36. The Morgan fingerprint density at radius 3 is 3.00 bits per heavy atom. The molecule has 1 saturated heterocycles. The van der Waals surface area contributed by atoms with Gasteiger partial charge in [0.1, 0.15) is 6.34 Å². The van der Waals surface area contributed by atoms with Crippen molar-refractivity contribution < 1.29 is 4.74 Å². The van der Waals surface area contributed by atoms with Crippen LogP contribution in [0.15, 0.2) is 23.6 Å². The Kier molecular flexibility index (Phi) is 3.24. The summed E-state index contributed by atoms with van der Waals surface area (Å²) in [5.41, 5.74) is 1.20. The van der Waals surface area contributed by atoms with Crippen molar-refractivity contribution >= 4 is 12.0 Å². The first-order valence-corrected chi connectivity index (χ1v) is 5.11. The fourth-order valence-corrected chi connectivity index (χ4v) is 1.58. The van der Waals surface area contributed by atoms with E-state index in [9.17, 15) is 0 Å². The average Bonchev–Trinajstić information content (AvgIpc) is 2.76. The highest BCUT2D eigenvalue weighted by Gasteiger charge is 2.11. The molecule has 82 valence electrons. The molecular weight excluding hydrogens is 192 g/mol. The van der Waals surface area contributed by atoms with Gasteiger partial charge in [-0.1, -0.05) is 0 Å². The lowest BCUT2D eigenvalue weighted by Gasteiger charge is -2.27. The third-order valence-electron chi connectivity index (χ3n) is 2.36. The lowest BCUT2D eigenvalue weighted by Crippen LogP contribution is -2.35. The number of anilines is 1. The SMILES string of the molecule is CN/C=N\n1ccc(N2CCOCC2)c1. The van der Waals surface area contributed by atoms with E-state index in [2.05, 4.69) is 21.4 Å². The standard InChI is InChI=1S/C10H16N4O/c1-11-9-12-14-3-2-10(8-14)13-4-6-15-7-5-13/h2-3,8-9H,4-7H2,1H3,(H,11,12). The summed E-state index contributed by atoms with van der Waals surface area (Å²) in [6, 6.07) is 2.07. The predicted octanol–water partition coefficient (Wildman–Crippen LogP) is 0.335. The second kappa shape index (κ2) is 4.84. The van der Waals surface area contributed by atoms with E-state index >= 15 is 0 Å². The molecule has 1 fully saturated rings. The molecule has 0 unspecified atom stereocenters. The highest BCUT2D eigenvalue weighted by molar-refractivity contribution is 5.54. The van der Waals surface area contributed by atoms with Crippen molar-refractivity contribution in [2.45, 2.75) is 0 Å². The molecule has 0 spiro atoms. The number of morpholine rings is 1. The van der Waals surface area contributed by atoms with Gasteiger partial charge in [-0.25, -0.2) is 4.68 Å². The predicted molar refractivity (Wildman–Crippen MR) is 60.4 cm³/mol. The van der Waals surface area contributed by atoms with E-state index in [1.165, 1.54) is 5.69 Å². The van der Waals surface area contributed by atoms with E-state index in [-0.39, 0.29) is 0 Å². The van der Waals surface area contributed by atoms with Crippen molar-refractivity contribution in [3.05, 3.63) is 18.5 Å². The molecule has 0 aliphatic carbocycles. The number of ether oxygens (including phenoxy) is 1. The Hall–Kier alpha value is -1.49. The molecule has 0 saturated carbocycles. The Morgan fingerprint density at radius 1 is 1.47 bits per heavy atom. The van der Waals surface area contributed by atoms with Crippen LogP contribution in [0, 0.1) is 0 Å². The van der Waals surface area contributed by atoms with Gasteiger partial charge in [0, 0.05) is 26.3 Å². The molecule has 0 radical (unpaired) electrons. The summed E-state index contributed by atoms with van der Waals surface area (Å²) >= 11 is 0. The number of hydrogen-bond acceptors (Lipinski definition) is 3. The summed E-state index contributed by atoms with van der Waals surface area (Å²) in [4.78, 5) is 2.30. The maximum atomic E-state index is 5.30. The molecular formula is C10H16N4O. The van der Waals surface area contributed by atoms with Crippen LogP contribution in [0.2, 0.25) is 0 Å². The third kappa shape index (κ3) is 2.50. The van der Waals surface area contributed by atoms with Crippen LogP contribution in [-0.2, 0) is 4.74 Å². The van der Waals surface area contributed by atoms with Crippen LogP contribution >= 0.6 is 0 Å². The zero-order valence-electron chi connectivity index (χ0n) is 8.89. The smallest absolute Gasteiger partial charge is 0.109 e. The molecule has 1 aromatic rings. The molecule has 5 heteroatoms. The first kappa shape index (κ1) is 10.0. The van der Waals surface area contributed by atoms with E-state index < -0.39 is 0 Å². The normalized spacial score (nSPS) is 17.3. The summed E-state index contributed by atoms with van der Waals surface area (Å²) < 4.78 is 7.10. The first-order chi connectivity index (χ1) is 7.40. The summed E-state index contributed by atoms with van der Waals surface area (Å²) in [6.07, 6.45) is 5.61. The zero-order chi connectivity index (χ0) is 10.5. The maximum Gasteiger partial charge on any atom is 0.109 e. The van der Waals surface area contributed by atoms with Gasteiger partial charge in [0.05, 0.1) is 25.1 Å². The summed E-state index contributed by atoms with van der Waals surface area (Å²) in [5, 5.41) is 7.02. The van der Waals surface area contributed by atoms with Gasteiger partial charge in [0.25, 0.3) is 0 Å². The molecule has 1 N–H and O–H groups in total. The van der Waals surface area contributed by atoms with Crippen molar-refractivity contribution in [2.75, 3.05) is 38.3 Å². The minimum absolute atomic E-state index is 0.810. The second-order valence-electron chi connectivity index (χ2n) is 3.38.